The monoisotopic (exact) mass is 370 g/mol. The summed E-state index contributed by atoms with van der Waals surface area (Å²) >= 11 is 0. The zero-order valence-corrected chi connectivity index (χ0v) is 15.0. The predicted octanol–water partition coefficient (Wildman–Crippen LogP) is 5.48. The van der Waals surface area contributed by atoms with Gasteiger partial charge in [-0.05, 0) is 17.2 Å². The van der Waals surface area contributed by atoms with Crippen molar-refractivity contribution in [1.82, 2.24) is 4.98 Å². The Morgan fingerprint density at radius 1 is 0.964 bits per heavy atom. The fourth-order valence-electron chi connectivity index (χ4n) is 3.57. The van der Waals surface area contributed by atoms with E-state index in [0.29, 0.717) is 5.56 Å². The highest BCUT2D eigenvalue weighted by atomic mass is 16.6. The van der Waals surface area contributed by atoms with E-state index in [1.54, 1.807) is 12.1 Å². The number of benzene rings is 3. The van der Waals surface area contributed by atoms with E-state index in [9.17, 15) is 14.9 Å². The molecule has 5 nitrogen and oxygen atoms in total. The number of Topliss-reactive ketones (excluding diaryl/α,β-unsaturated/α-hetero) is 1. The lowest BCUT2D eigenvalue weighted by atomic mass is 9.85. The van der Waals surface area contributed by atoms with Gasteiger partial charge in [0.25, 0.3) is 5.69 Å². The molecule has 138 valence electrons. The highest BCUT2D eigenvalue weighted by molar-refractivity contribution is 5.98. The first-order valence-electron chi connectivity index (χ1n) is 9.02. The number of nitro benzene ring substituents is 1. The van der Waals surface area contributed by atoms with Crippen LogP contribution >= 0.6 is 0 Å². The minimum atomic E-state index is -0.481. The van der Waals surface area contributed by atoms with Crippen LogP contribution in [0.25, 0.3) is 10.9 Å². The Morgan fingerprint density at radius 2 is 1.71 bits per heavy atom. The quantitative estimate of drug-likeness (QED) is 0.277. The van der Waals surface area contributed by atoms with Gasteiger partial charge in [0.1, 0.15) is 0 Å². The first-order valence-corrected chi connectivity index (χ1v) is 9.02. The maximum Gasteiger partial charge on any atom is 0.270 e. The molecule has 4 aromatic rings. The molecule has 0 amide bonds. The molecule has 0 saturated carbocycles. The summed E-state index contributed by atoms with van der Waals surface area (Å²) in [6.45, 7) is 0. The summed E-state index contributed by atoms with van der Waals surface area (Å²) in [6.07, 6.45) is 2.18. The van der Waals surface area contributed by atoms with E-state index in [2.05, 4.69) is 4.98 Å². The Kier molecular flexibility index (Phi) is 4.72. The van der Waals surface area contributed by atoms with E-state index in [4.69, 9.17) is 0 Å². The smallest absolute Gasteiger partial charge is 0.270 e. The number of nitro groups is 1. The molecular formula is C23H18N2O3. The van der Waals surface area contributed by atoms with Crippen LogP contribution in [0.4, 0.5) is 5.69 Å². The largest absolute Gasteiger partial charge is 0.361 e. The number of fused-ring (bicyclic) bond motifs is 1. The average molecular weight is 370 g/mol. The number of non-ortho nitro benzene ring substituents is 1. The highest BCUT2D eigenvalue weighted by Crippen LogP contribution is 2.34. The molecule has 0 aliphatic carbocycles. The van der Waals surface area contributed by atoms with Crippen LogP contribution in [0.15, 0.2) is 85.1 Å². The molecule has 28 heavy (non-hydrogen) atoms. The van der Waals surface area contributed by atoms with Gasteiger partial charge in [-0.25, -0.2) is 0 Å². The Balaban J connectivity index is 1.74. The maximum atomic E-state index is 13.0. The third-order valence-corrected chi connectivity index (χ3v) is 4.97. The van der Waals surface area contributed by atoms with E-state index < -0.39 is 4.92 Å². The van der Waals surface area contributed by atoms with Crippen molar-refractivity contribution in [2.24, 2.45) is 0 Å². The molecule has 0 fully saturated rings. The summed E-state index contributed by atoms with van der Waals surface area (Å²) in [6, 6.07) is 23.8. The maximum absolute atomic E-state index is 13.0. The fourth-order valence-corrected chi connectivity index (χ4v) is 3.57. The highest BCUT2D eigenvalue weighted by Gasteiger charge is 2.22. The van der Waals surface area contributed by atoms with Crippen molar-refractivity contribution in [2.75, 3.05) is 0 Å². The van der Waals surface area contributed by atoms with Crippen LogP contribution in [0.5, 0.6) is 0 Å². The van der Waals surface area contributed by atoms with Gasteiger partial charge >= 0.3 is 0 Å². The van der Waals surface area contributed by atoms with E-state index in [-0.39, 0.29) is 23.8 Å². The van der Waals surface area contributed by atoms with Crippen molar-refractivity contribution >= 4 is 22.4 Å². The van der Waals surface area contributed by atoms with Gasteiger partial charge in [-0.2, -0.15) is 0 Å². The molecule has 0 spiro atoms. The topological polar surface area (TPSA) is 76.0 Å². The molecular weight excluding hydrogens is 352 g/mol. The van der Waals surface area contributed by atoms with Crippen molar-refractivity contribution in [1.29, 1.82) is 0 Å². The Hall–Kier alpha value is -3.73. The number of para-hydroxylation sites is 1. The van der Waals surface area contributed by atoms with Crippen LogP contribution in [-0.2, 0) is 0 Å². The lowest BCUT2D eigenvalue weighted by molar-refractivity contribution is -0.384. The Bertz CT molecular complexity index is 1150. The molecule has 0 aliphatic rings. The zero-order chi connectivity index (χ0) is 19.5. The number of carbonyl (C=O) groups excluding carboxylic acids is 1. The Labute approximate surface area is 161 Å². The number of aromatic amines is 1. The van der Waals surface area contributed by atoms with Crippen molar-refractivity contribution < 1.29 is 9.72 Å². The molecule has 0 radical (unpaired) electrons. The number of carbonyl (C=O) groups is 1. The van der Waals surface area contributed by atoms with Crippen LogP contribution in [0.1, 0.15) is 33.8 Å². The Morgan fingerprint density at radius 3 is 2.50 bits per heavy atom. The minimum Gasteiger partial charge on any atom is -0.361 e. The molecule has 5 heteroatoms. The van der Waals surface area contributed by atoms with Gasteiger partial charge < -0.3 is 4.98 Å². The number of hydrogen-bond donors (Lipinski definition) is 1. The standard InChI is InChI=1S/C23H18N2O3/c26-23(17-9-6-10-18(13-17)25(27)28)14-20(16-7-2-1-3-8-16)21-15-24-22-12-5-4-11-19(21)22/h1-13,15,20,24H,14H2. The number of ketones is 1. The summed E-state index contributed by atoms with van der Waals surface area (Å²) in [7, 11) is 0. The lowest BCUT2D eigenvalue weighted by Crippen LogP contribution is -2.09. The first kappa shape index (κ1) is 17.7. The van der Waals surface area contributed by atoms with Crippen LogP contribution < -0.4 is 0 Å². The summed E-state index contributed by atoms with van der Waals surface area (Å²) in [5.41, 5.74) is 3.37. The van der Waals surface area contributed by atoms with Crippen LogP contribution in [-0.4, -0.2) is 15.7 Å². The number of nitrogens with zero attached hydrogens (tertiary/aromatic N) is 1. The van der Waals surface area contributed by atoms with Crippen LogP contribution in [0.2, 0.25) is 0 Å². The molecule has 1 N–H and O–H groups in total. The summed E-state index contributed by atoms with van der Waals surface area (Å²) in [4.78, 5) is 26.8. The van der Waals surface area contributed by atoms with Gasteiger partial charge in [0, 0.05) is 47.1 Å². The number of aromatic nitrogens is 1. The number of nitrogens with one attached hydrogen (secondary N) is 1. The molecule has 0 aliphatic heterocycles. The summed E-state index contributed by atoms with van der Waals surface area (Å²) < 4.78 is 0. The molecule has 1 heterocycles. The molecule has 3 aromatic carbocycles. The van der Waals surface area contributed by atoms with Crippen molar-refractivity contribution in [3.63, 3.8) is 0 Å². The lowest BCUT2D eigenvalue weighted by Gasteiger charge is -2.17. The number of rotatable bonds is 6. The van der Waals surface area contributed by atoms with Gasteiger partial charge in [-0.1, -0.05) is 60.7 Å². The summed E-state index contributed by atoms with van der Waals surface area (Å²) in [5, 5.41) is 12.1. The van der Waals surface area contributed by atoms with Gasteiger partial charge in [0.2, 0.25) is 0 Å². The normalized spacial score (nSPS) is 12.0. The van der Waals surface area contributed by atoms with Gasteiger partial charge in [0.05, 0.1) is 4.92 Å². The number of H-pyrrole nitrogens is 1. The molecule has 4 rings (SSSR count). The molecule has 1 aromatic heterocycles. The second-order valence-corrected chi connectivity index (χ2v) is 6.69. The summed E-state index contributed by atoms with van der Waals surface area (Å²) in [5.74, 6) is -0.271. The van der Waals surface area contributed by atoms with E-state index in [1.165, 1.54) is 12.1 Å². The SMILES string of the molecule is O=C(CC(c1ccccc1)c1c[nH]c2ccccc12)c1cccc([N+](=O)[O-])c1. The fraction of sp³-hybridized carbons (Fsp3) is 0.0870. The van der Waals surface area contributed by atoms with Crippen LogP contribution in [0, 0.1) is 10.1 Å². The van der Waals surface area contributed by atoms with E-state index in [0.717, 1.165) is 22.0 Å². The van der Waals surface area contributed by atoms with Crippen LogP contribution in [0.3, 0.4) is 0 Å². The first-order chi connectivity index (χ1) is 13.6. The third kappa shape index (κ3) is 3.42. The second kappa shape index (κ2) is 7.48. The average Bonchev–Trinajstić information content (AvgIpc) is 3.16. The van der Waals surface area contributed by atoms with E-state index >= 15 is 0 Å². The molecule has 1 unspecified atom stereocenters. The second-order valence-electron chi connectivity index (χ2n) is 6.69. The molecule has 0 bridgehead atoms. The van der Waals surface area contributed by atoms with Crippen molar-refractivity contribution in [3.05, 3.63) is 112 Å². The van der Waals surface area contributed by atoms with Crippen molar-refractivity contribution in [2.45, 2.75) is 12.3 Å². The van der Waals surface area contributed by atoms with Crippen molar-refractivity contribution in [3.8, 4) is 0 Å². The third-order valence-electron chi connectivity index (χ3n) is 4.97. The van der Waals surface area contributed by atoms with E-state index in [1.807, 2.05) is 60.8 Å². The number of hydrogen-bond acceptors (Lipinski definition) is 3. The van der Waals surface area contributed by atoms with Gasteiger partial charge in [-0.3, -0.25) is 14.9 Å². The molecule has 0 saturated heterocycles. The predicted molar refractivity (Wildman–Crippen MR) is 109 cm³/mol. The molecule has 1 atom stereocenters. The van der Waals surface area contributed by atoms with Gasteiger partial charge in [0.15, 0.2) is 5.78 Å². The van der Waals surface area contributed by atoms with Gasteiger partial charge in [-0.15, -0.1) is 0 Å². The zero-order valence-electron chi connectivity index (χ0n) is 15.0. The minimum absolute atomic E-state index is 0.0748.